The Morgan fingerprint density at radius 2 is 1.75 bits per heavy atom. The van der Waals surface area contributed by atoms with Gasteiger partial charge in [-0.05, 0) is 51.0 Å². The average molecular weight is 283 g/mol. The number of carbonyl (C=O) groups excluding carboxylic acids is 1. The molecule has 0 heterocycles. The molecule has 86 valence electrons. The van der Waals surface area contributed by atoms with Gasteiger partial charge in [-0.25, -0.2) is 4.79 Å². The van der Waals surface area contributed by atoms with Gasteiger partial charge in [0.05, 0.1) is 0 Å². The maximum absolute atomic E-state index is 11.5. The molecule has 0 radical (unpaired) electrons. The van der Waals surface area contributed by atoms with Crippen molar-refractivity contribution in [3.8, 4) is 5.75 Å². The summed E-state index contributed by atoms with van der Waals surface area (Å²) in [5, 5.41) is 0. The summed E-state index contributed by atoms with van der Waals surface area (Å²) in [5.41, 5.74) is 2.82. The summed E-state index contributed by atoms with van der Waals surface area (Å²) >= 11 is 3.40. The van der Waals surface area contributed by atoms with Crippen LogP contribution in [0.5, 0.6) is 5.75 Å². The van der Waals surface area contributed by atoms with E-state index in [0.717, 1.165) is 21.2 Å². The third kappa shape index (κ3) is 3.49. The molecule has 1 aromatic carbocycles. The lowest BCUT2D eigenvalue weighted by molar-refractivity contribution is -0.129. The molecule has 0 bridgehead atoms. The Morgan fingerprint density at radius 1 is 1.25 bits per heavy atom. The lowest BCUT2D eigenvalue weighted by atomic mass is 10.1. The first-order valence-electron chi connectivity index (χ1n) is 5.03. The molecule has 0 saturated carbocycles. The van der Waals surface area contributed by atoms with E-state index in [1.165, 1.54) is 6.08 Å². The van der Waals surface area contributed by atoms with Gasteiger partial charge in [0.2, 0.25) is 0 Å². The van der Waals surface area contributed by atoms with Crippen LogP contribution in [0.15, 0.2) is 28.3 Å². The Kier molecular flexibility index (Phi) is 4.30. The zero-order chi connectivity index (χ0) is 12.3. The van der Waals surface area contributed by atoms with E-state index in [1.807, 2.05) is 39.8 Å². The van der Waals surface area contributed by atoms with Crippen LogP contribution in [0.2, 0.25) is 0 Å². The molecule has 0 aliphatic carbocycles. The van der Waals surface area contributed by atoms with Crippen LogP contribution in [0.3, 0.4) is 0 Å². The Morgan fingerprint density at radius 3 is 2.19 bits per heavy atom. The first-order chi connectivity index (χ1) is 7.40. The lowest BCUT2D eigenvalue weighted by Gasteiger charge is -2.09. The van der Waals surface area contributed by atoms with E-state index in [1.54, 1.807) is 0 Å². The molecule has 0 aliphatic rings. The number of hydrogen-bond acceptors (Lipinski definition) is 2. The van der Waals surface area contributed by atoms with E-state index in [0.29, 0.717) is 5.75 Å². The van der Waals surface area contributed by atoms with E-state index >= 15 is 0 Å². The van der Waals surface area contributed by atoms with E-state index < -0.39 is 0 Å². The first kappa shape index (κ1) is 13.0. The van der Waals surface area contributed by atoms with Crippen LogP contribution in [0.25, 0.3) is 0 Å². The normalized spacial score (nSPS) is 9.81. The molecule has 0 spiro atoms. The molecular weight excluding hydrogens is 268 g/mol. The molecule has 0 aromatic heterocycles. The largest absolute Gasteiger partial charge is 0.423 e. The summed E-state index contributed by atoms with van der Waals surface area (Å²) in [6.07, 6.45) is 1.49. The average Bonchev–Trinajstić information content (AvgIpc) is 2.09. The van der Waals surface area contributed by atoms with Gasteiger partial charge in [-0.2, -0.15) is 0 Å². The van der Waals surface area contributed by atoms with Crippen LogP contribution < -0.4 is 4.74 Å². The van der Waals surface area contributed by atoms with Crippen LogP contribution in [-0.2, 0) is 4.79 Å². The van der Waals surface area contributed by atoms with Crippen LogP contribution in [0.1, 0.15) is 25.0 Å². The molecule has 0 unspecified atom stereocenters. The SMILES string of the molecule is CC(C)=CC(=O)Oc1c(C)cc(Br)cc1C. The van der Waals surface area contributed by atoms with Crippen LogP contribution in [0, 0.1) is 13.8 Å². The highest BCUT2D eigenvalue weighted by molar-refractivity contribution is 9.10. The van der Waals surface area contributed by atoms with Gasteiger partial charge in [-0.15, -0.1) is 0 Å². The monoisotopic (exact) mass is 282 g/mol. The second-order valence-electron chi connectivity index (χ2n) is 4.01. The van der Waals surface area contributed by atoms with Crippen LogP contribution in [-0.4, -0.2) is 5.97 Å². The van der Waals surface area contributed by atoms with Gasteiger partial charge >= 0.3 is 5.97 Å². The zero-order valence-corrected chi connectivity index (χ0v) is 11.5. The molecule has 0 fully saturated rings. The van der Waals surface area contributed by atoms with Gasteiger partial charge < -0.3 is 4.74 Å². The van der Waals surface area contributed by atoms with Gasteiger partial charge in [-0.1, -0.05) is 21.5 Å². The molecule has 0 aliphatic heterocycles. The van der Waals surface area contributed by atoms with Crippen molar-refractivity contribution in [2.75, 3.05) is 0 Å². The molecule has 3 heteroatoms. The Labute approximate surface area is 104 Å². The molecule has 0 atom stereocenters. The summed E-state index contributed by atoms with van der Waals surface area (Å²) in [5.74, 6) is 0.319. The minimum atomic E-state index is -0.325. The highest BCUT2D eigenvalue weighted by atomic mass is 79.9. The van der Waals surface area contributed by atoms with Gasteiger partial charge in [0, 0.05) is 10.5 Å². The van der Waals surface area contributed by atoms with Gasteiger partial charge in [0.1, 0.15) is 5.75 Å². The van der Waals surface area contributed by atoms with Crippen molar-refractivity contribution in [3.63, 3.8) is 0 Å². The number of hydrogen-bond donors (Lipinski definition) is 0. The number of carbonyl (C=O) groups is 1. The van der Waals surface area contributed by atoms with E-state index in [4.69, 9.17) is 4.74 Å². The highest BCUT2D eigenvalue weighted by Crippen LogP contribution is 2.27. The maximum atomic E-state index is 11.5. The van der Waals surface area contributed by atoms with E-state index in [-0.39, 0.29) is 5.97 Å². The van der Waals surface area contributed by atoms with Crippen LogP contribution in [0.4, 0.5) is 0 Å². The minimum Gasteiger partial charge on any atom is -0.423 e. The minimum absolute atomic E-state index is 0.325. The quantitative estimate of drug-likeness (QED) is 0.467. The summed E-state index contributed by atoms with van der Waals surface area (Å²) in [4.78, 5) is 11.5. The van der Waals surface area contributed by atoms with Crippen molar-refractivity contribution in [2.24, 2.45) is 0 Å². The summed E-state index contributed by atoms with van der Waals surface area (Å²) < 4.78 is 6.30. The van der Waals surface area contributed by atoms with Crippen molar-refractivity contribution in [3.05, 3.63) is 39.4 Å². The van der Waals surface area contributed by atoms with Gasteiger partial charge in [0.25, 0.3) is 0 Å². The summed E-state index contributed by atoms with van der Waals surface area (Å²) in [7, 11) is 0. The van der Waals surface area contributed by atoms with Crippen molar-refractivity contribution >= 4 is 21.9 Å². The van der Waals surface area contributed by atoms with E-state index in [2.05, 4.69) is 15.9 Å². The Hall–Kier alpha value is -1.09. The topological polar surface area (TPSA) is 26.3 Å². The number of ether oxygens (including phenoxy) is 1. The number of esters is 1. The number of benzene rings is 1. The Balaban J connectivity index is 2.98. The molecular formula is C13H15BrO2. The molecule has 0 N–H and O–H groups in total. The van der Waals surface area contributed by atoms with Crippen molar-refractivity contribution in [2.45, 2.75) is 27.7 Å². The maximum Gasteiger partial charge on any atom is 0.336 e. The highest BCUT2D eigenvalue weighted by Gasteiger charge is 2.08. The molecule has 1 aromatic rings. The molecule has 1 rings (SSSR count). The zero-order valence-electron chi connectivity index (χ0n) is 9.93. The number of allylic oxidation sites excluding steroid dienone is 1. The fourth-order valence-electron chi connectivity index (χ4n) is 1.42. The molecule has 0 amide bonds. The summed E-state index contributed by atoms with van der Waals surface area (Å²) in [6, 6.07) is 3.86. The number of rotatable bonds is 2. The molecule has 2 nitrogen and oxygen atoms in total. The fraction of sp³-hybridized carbons (Fsp3) is 0.308. The summed E-state index contributed by atoms with van der Waals surface area (Å²) in [6.45, 7) is 7.57. The lowest BCUT2D eigenvalue weighted by Crippen LogP contribution is -2.07. The second-order valence-corrected chi connectivity index (χ2v) is 4.93. The Bertz CT molecular complexity index is 420. The van der Waals surface area contributed by atoms with Crippen molar-refractivity contribution < 1.29 is 9.53 Å². The van der Waals surface area contributed by atoms with Crippen molar-refractivity contribution in [1.82, 2.24) is 0 Å². The molecule has 16 heavy (non-hydrogen) atoms. The second kappa shape index (κ2) is 5.30. The smallest absolute Gasteiger partial charge is 0.336 e. The third-order valence-electron chi connectivity index (χ3n) is 2.03. The standard InChI is InChI=1S/C13H15BrO2/c1-8(2)5-12(15)16-13-9(3)6-11(14)7-10(13)4/h5-7H,1-4H3. The molecule has 0 saturated heterocycles. The van der Waals surface area contributed by atoms with Gasteiger partial charge in [0.15, 0.2) is 0 Å². The van der Waals surface area contributed by atoms with Gasteiger partial charge in [-0.3, -0.25) is 0 Å². The van der Waals surface area contributed by atoms with Crippen LogP contribution >= 0.6 is 15.9 Å². The predicted octanol–water partition coefficient (Wildman–Crippen LogP) is 3.94. The fourth-order valence-corrected chi connectivity index (χ4v) is 2.11. The number of aryl methyl sites for hydroxylation is 2. The predicted molar refractivity (Wildman–Crippen MR) is 68.7 cm³/mol. The first-order valence-corrected chi connectivity index (χ1v) is 5.83. The number of halogens is 1. The van der Waals surface area contributed by atoms with Crippen molar-refractivity contribution in [1.29, 1.82) is 0 Å². The van der Waals surface area contributed by atoms with E-state index in [9.17, 15) is 4.79 Å². The third-order valence-corrected chi connectivity index (χ3v) is 2.49.